The van der Waals surface area contributed by atoms with E-state index < -0.39 is 16.1 Å². The summed E-state index contributed by atoms with van der Waals surface area (Å²) >= 11 is 5.98. The number of sulfonamides is 1. The van der Waals surface area contributed by atoms with Crippen LogP contribution in [0.2, 0.25) is 5.02 Å². The van der Waals surface area contributed by atoms with E-state index in [4.69, 9.17) is 21.5 Å². The Morgan fingerprint density at radius 3 is 2.73 bits per heavy atom. The molecule has 3 heterocycles. The number of aromatic nitrogens is 1. The summed E-state index contributed by atoms with van der Waals surface area (Å²) in [5.74, 6) is -0.230. The largest absolute Gasteiger partial charge is 0.483 e. The molecule has 3 aromatic rings. The van der Waals surface area contributed by atoms with E-state index in [0.29, 0.717) is 23.5 Å². The summed E-state index contributed by atoms with van der Waals surface area (Å²) < 4.78 is 28.3. The van der Waals surface area contributed by atoms with Gasteiger partial charge in [0, 0.05) is 34.7 Å². The minimum absolute atomic E-state index is 0.0206. The second kappa shape index (κ2) is 9.52. The Balaban J connectivity index is 0.000000821. The number of H-pyrrole nitrogens is 1. The summed E-state index contributed by atoms with van der Waals surface area (Å²) in [6.07, 6.45) is 1.34. The molecule has 2 aliphatic heterocycles. The third-order valence-corrected chi connectivity index (χ3v) is 7.37. The van der Waals surface area contributed by atoms with Gasteiger partial charge in [0.25, 0.3) is 16.5 Å². The van der Waals surface area contributed by atoms with Crippen molar-refractivity contribution in [2.45, 2.75) is 30.5 Å². The first kappa shape index (κ1) is 23.2. The molecule has 33 heavy (non-hydrogen) atoms. The lowest BCUT2D eigenvalue weighted by atomic mass is 10.0. The first-order valence-electron chi connectivity index (χ1n) is 10.3. The molecule has 9 nitrogen and oxygen atoms in total. The Labute approximate surface area is 195 Å². The van der Waals surface area contributed by atoms with Crippen LogP contribution >= 0.6 is 11.6 Å². The van der Waals surface area contributed by atoms with Gasteiger partial charge in [0.15, 0.2) is 0 Å². The SMILES string of the molecule is O=C1[C@@H](NS(=O)(=O)c2cc3ccc(Cl)cc3[nH]2)CCN1c1ccc2c(c1)CCNC2.O=CO. The Hall–Kier alpha value is -2.92. The Morgan fingerprint density at radius 1 is 1.15 bits per heavy atom. The number of nitrogens with zero attached hydrogens (tertiary/aromatic N) is 1. The maximum atomic E-state index is 13.0. The van der Waals surface area contributed by atoms with Gasteiger partial charge in [-0.05, 0) is 60.8 Å². The van der Waals surface area contributed by atoms with E-state index in [1.54, 1.807) is 29.2 Å². The van der Waals surface area contributed by atoms with Gasteiger partial charge in [-0.1, -0.05) is 23.7 Å². The number of rotatable bonds is 4. The van der Waals surface area contributed by atoms with Crippen molar-refractivity contribution < 1.29 is 23.1 Å². The minimum Gasteiger partial charge on any atom is -0.483 e. The molecule has 0 bridgehead atoms. The molecule has 174 valence electrons. The third kappa shape index (κ3) is 4.88. The van der Waals surface area contributed by atoms with Gasteiger partial charge >= 0.3 is 0 Å². The van der Waals surface area contributed by atoms with Crippen molar-refractivity contribution in [1.29, 1.82) is 0 Å². The predicted octanol–water partition coefficient (Wildman–Crippen LogP) is 2.25. The fourth-order valence-corrected chi connectivity index (χ4v) is 5.56. The first-order chi connectivity index (χ1) is 15.8. The highest BCUT2D eigenvalue weighted by atomic mass is 35.5. The molecule has 1 amide bonds. The molecular formula is C22H23ClN4O5S. The predicted molar refractivity (Wildman–Crippen MR) is 125 cm³/mol. The Bertz CT molecular complexity index is 1310. The average Bonchev–Trinajstić information content (AvgIpc) is 3.38. The quantitative estimate of drug-likeness (QED) is 0.415. The topological polar surface area (TPSA) is 132 Å². The molecule has 0 saturated carbocycles. The van der Waals surface area contributed by atoms with Crippen molar-refractivity contribution in [2.75, 3.05) is 18.0 Å². The minimum atomic E-state index is -3.88. The van der Waals surface area contributed by atoms with Gasteiger partial charge < -0.3 is 20.3 Å². The number of halogens is 1. The molecule has 0 radical (unpaired) electrons. The van der Waals surface area contributed by atoms with E-state index in [1.807, 2.05) is 18.2 Å². The summed E-state index contributed by atoms with van der Waals surface area (Å²) in [6.45, 7) is 1.98. The lowest BCUT2D eigenvalue weighted by Gasteiger charge is -2.22. The van der Waals surface area contributed by atoms with Gasteiger partial charge in [0.05, 0.1) is 0 Å². The smallest absolute Gasteiger partial charge is 0.290 e. The molecule has 1 atom stereocenters. The molecule has 1 fully saturated rings. The van der Waals surface area contributed by atoms with Crippen LogP contribution in [0.3, 0.4) is 0 Å². The van der Waals surface area contributed by atoms with Crippen molar-refractivity contribution in [1.82, 2.24) is 15.0 Å². The van der Waals surface area contributed by atoms with Gasteiger partial charge in [0.2, 0.25) is 5.91 Å². The second-order valence-electron chi connectivity index (χ2n) is 7.80. The van der Waals surface area contributed by atoms with Crippen LogP contribution in [-0.4, -0.2) is 50.0 Å². The third-order valence-electron chi connectivity index (χ3n) is 5.74. The standard InChI is InChI=1S/C21H21ClN4O3S.CH2O2/c22-16-3-1-14-10-20(24-19(14)11-16)30(28,29)25-18-6-8-26(21(18)27)17-4-2-15-12-23-7-5-13(15)9-17;2-1-3/h1-4,9-11,18,23-25H,5-8,12H2;1H,(H,2,3)/t18-;/m0./s1. The Kier molecular flexibility index (Phi) is 6.71. The molecular weight excluding hydrogens is 468 g/mol. The number of anilines is 1. The van der Waals surface area contributed by atoms with Gasteiger partial charge in [-0.25, -0.2) is 8.42 Å². The highest BCUT2D eigenvalue weighted by Gasteiger charge is 2.36. The Morgan fingerprint density at radius 2 is 1.94 bits per heavy atom. The highest BCUT2D eigenvalue weighted by molar-refractivity contribution is 7.89. The van der Waals surface area contributed by atoms with Crippen molar-refractivity contribution in [3.05, 3.63) is 58.6 Å². The normalized spacial score (nSPS) is 18.0. The summed E-state index contributed by atoms with van der Waals surface area (Å²) in [6, 6.07) is 11.9. The number of carbonyl (C=O) groups excluding carboxylic acids is 1. The van der Waals surface area contributed by atoms with Crippen LogP contribution in [0.5, 0.6) is 0 Å². The number of fused-ring (bicyclic) bond motifs is 2. The van der Waals surface area contributed by atoms with Gasteiger partial charge in [-0.3, -0.25) is 9.59 Å². The summed E-state index contributed by atoms with van der Waals surface area (Å²) in [7, 11) is -3.88. The molecule has 4 N–H and O–H groups in total. The number of carbonyl (C=O) groups is 2. The van der Waals surface area contributed by atoms with E-state index >= 15 is 0 Å². The lowest BCUT2D eigenvalue weighted by molar-refractivity contribution is -0.123. The molecule has 1 saturated heterocycles. The van der Waals surface area contributed by atoms with E-state index in [0.717, 1.165) is 30.6 Å². The molecule has 11 heteroatoms. The van der Waals surface area contributed by atoms with E-state index in [1.165, 1.54) is 11.1 Å². The van der Waals surface area contributed by atoms with Crippen LogP contribution in [0, 0.1) is 0 Å². The van der Waals surface area contributed by atoms with Crippen molar-refractivity contribution >= 4 is 50.6 Å². The van der Waals surface area contributed by atoms with Crippen LogP contribution < -0.4 is 14.9 Å². The second-order valence-corrected chi connectivity index (χ2v) is 9.92. The number of amides is 1. The molecule has 0 unspecified atom stereocenters. The van der Waals surface area contributed by atoms with Gasteiger partial charge in [-0.15, -0.1) is 0 Å². The van der Waals surface area contributed by atoms with Crippen LogP contribution in [0.25, 0.3) is 10.9 Å². The average molecular weight is 491 g/mol. The zero-order chi connectivity index (χ0) is 23.6. The monoisotopic (exact) mass is 490 g/mol. The maximum absolute atomic E-state index is 13.0. The van der Waals surface area contributed by atoms with Crippen molar-refractivity contribution in [2.24, 2.45) is 0 Å². The molecule has 2 aromatic carbocycles. The molecule has 1 aromatic heterocycles. The lowest BCUT2D eigenvalue weighted by Crippen LogP contribution is -2.41. The molecule has 0 spiro atoms. The van der Waals surface area contributed by atoms with Crippen LogP contribution in [-0.2, 0) is 32.6 Å². The zero-order valence-electron chi connectivity index (χ0n) is 17.5. The van der Waals surface area contributed by atoms with Crippen molar-refractivity contribution in [3.63, 3.8) is 0 Å². The summed E-state index contributed by atoms with van der Waals surface area (Å²) in [5, 5.41) is 11.5. The number of hydrogen-bond acceptors (Lipinski definition) is 5. The maximum Gasteiger partial charge on any atom is 0.290 e. The molecule has 5 rings (SSSR count). The fourth-order valence-electron chi connectivity index (χ4n) is 4.15. The van der Waals surface area contributed by atoms with Gasteiger partial charge in [-0.2, -0.15) is 4.72 Å². The number of benzene rings is 2. The van der Waals surface area contributed by atoms with E-state index in [9.17, 15) is 13.2 Å². The number of carboxylic acid groups (broad SMARTS) is 1. The number of hydrogen-bond donors (Lipinski definition) is 4. The fraction of sp³-hybridized carbons (Fsp3) is 0.273. The van der Waals surface area contributed by atoms with Gasteiger partial charge in [0.1, 0.15) is 11.1 Å². The highest BCUT2D eigenvalue weighted by Crippen LogP contribution is 2.27. The first-order valence-corrected chi connectivity index (χ1v) is 12.2. The van der Waals surface area contributed by atoms with E-state index in [-0.39, 0.29) is 17.4 Å². The van der Waals surface area contributed by atoms with Crippen LogP contribution in [0.15, 0.2) is 47.5 Å². The molecule has 0 aliphatic carbocycles. The summed E-state index contributed by atoms with van der Waals surface area (Å²) in [5.41, 5.74) is 3.93. The van der Waals surface area contributed by atoms with Crippen LogP contribution in [0.1, 0.15) is 17.5 Å². The molecule has 2 aliphatic rings. The van der Waals surface area contributed by atoms with Crippen molar-refractivity contribution in [3.8, 4) is 0 Å². The zero-order valence-corrected chi connectivity index (χ0v) is 19.1. The summed E-state index contributed by atoms with van der Waals surface area (Å²) in [4.78, 5) is 25.9. The number of aromatic amines is 1. The van der Waals surface area contributed by atoms with Crippen LogP contribution in [0.4, 0.5) is 5.69 Å². The van der Waals surface area contributed by atoms with E-state index in [2.05, 4.69) is 15.0 Å². The number of nitrogens with one attached hydrogen (secondary N) is 3.